The molecule has 2 aromatic heterocycles. The summed E-state index contributed by atoms with van der Waals surface area (Å²) < 4.78 is 2.02. The molecule has 0 aliphatic carbocycles. The first-order valence-corrected chi connectivity index (χ1v) is 7.51. The molecule has 0 aliphatic heterocycles. The molecule has 2 heterocycles. The summed E-state index contributed by atoms with van der Waals surface area (Å²) in [7, 11) is 0. The molecule has 0 bridgehead atoms. The number of rotatable bonds is 3. The van der Waals surface area contributed by atoms with E-state index in [4.69, 9.17) is 0 Å². The Morgan fingerprint density at radius 2 is 1.78 bits per heavy atom. The number of nitrogens with one attached hydrogen (secondary N) is 1. The van der Waals surface area contributed by atoms with Crippen LogP contribution in [0.15, 0.2) is 53.7 Å². The highest BCUT2D eigenvalue weighted by Crippen LogP contribution is 2.46. The second-order valence-electron chi connectivity index (χ2n) is 5.44. The van der Waals surface area contributed by atoms with Crippen molar-refractivity contribution in [1.29, 1.82) is 0 Å². The number of hydrogen-bond donors (Lipinski definition) is 2. The zero-order valence-corrected chi connectivity index (χ0v) is 12.6. The largest absolute Gasteiger partial charge is 0.494 e. The van der Waals surface area contributed by atoms with Crippen LogP contribution in [0, 0.1) is 4.91 Å². The maximum absolute atomic E-state index is 11.6. The fourth-order valence-corrected chi connectivity index (χ4v) is 3.33. The Kier molecular flexibility index (Phi) is 2.94. The van der Waals surface area contributed by atoms with Crippen LogP contribution in [0.25, 0.3) is 33.1 Å². The van der Waals surface area contributed by atoms with Gasteiger partial charge in [-0.25, -0.2) is 0 Å². The Morgan fingerprint density at radius 3 is 2.52 bits per heavy atom. The number of hydrogen-bond acceptors (Lipinski definition) is 3. The number of benzene rings is 2. The molecule has 0 unspecified atom stereocenters. The van der Waals surface area contributed by atoms with Crippen LogP contribution < -0.4 is 0 Å². The smallest absolute Gasteiger partial charge is 0.199 e. The van der Waals surface area contributed by atoms with Gasteiger partial charge in [-0.2, -0.15) is 0 Å². The second kappa shape index (κ2) is 4.98. The monoisotopic (exact) mass is 305 g/mol. The molecular weight excluding hydrogens is 290 g/mol. The average Bonchev–Trinajstić information content (AvgIpc) is 3.07. The molecule has 114 valence electrons. The van der Waals surface area contributed by atoms with Gasteiger partial charge in [0.1, 0.15) is 5.69 Å². The van der Waals surface area contributed by atoms with Crippen molar-refractivity contribution in [2.45, 2.75) is 13.5 Å². The number of H-pyrrole nitrogens is 1. The van der Waals surface area contributed by atoms with E-state index in [0.29, 0.717) is 23.5 Å². The Bertz CT molecular complexity index is 1040. The lowest BCUT2D eigenvalue weighted by Gasteiger charge is -2.08. The first-order valence-electron chi connectivity index (χ1n) is 7.51. The van der Waals surface area contributed by atoms with Gasteiger partial charge in [0, 0.05) is 22.8 Å². The van der Waals surface area contributed by atoms with Gasteiger partial charge in [-0.1, -0.05) is 36.4 Å². The van der Waals surface area contributed by atoms with Crippen LogP contribution >= 0.6 is 0 Å². The number of nitroso groups, excluding NO2 is 1. The molecule has 4 rings (SSSR count). The summed E-state index contributed by atoms with van der Waals surface area (Å²) >= 11 is 0. The molecule has 4 aromatic rings. The van der Waals surface area contributed by atoms with E-state index >= 15 is 0 Å². The quantitative estimate of drug-likeness (QED) is 0.528. The number of para-hydroxylation sites is 2. The third-order valence-electron chi connectivity index (χ3n) is 4.27. The van der Waals surface area contributed by atoms with Gasteiger partial charge in [-0.15, -0.1) is 4.91 Å². The van der Waals surface area contributed by atoms with Crippen molar-refractivity contribution >= 4 is 27.5 Å². The first-order chi connectivity index (χ1) is 11.3. The van der Waals surface area contributed by atoms with Crippen LogP contribution in [0.3, 0.4) is 0 Å². The highest BCUT2D eigenvalue weighted by atomic mass is 16.3. The lowest BCUT2D eigenvalue weighted by atomic mass is 10.1. The molecular formula is C18H15N3O2. The lowest BCUT2D eigenvalue weighted by molar-refractivity contribution is 0.460. The molecule has 0 saturated carbocycles. The van der Waals surface area contributed by atoms with E-state index < -0.39 is 0 Å². The van der Waals surface area contributed by atoms with E-state index in [1.54, 1.807) is 0 Å². The first kappa shape index (κ1) is 13.6. The second-order valence-corrected chi connectivity index (χ2v) is 5.44. The van der Waals surface area contributed by atoms with Gasteiger partial charge in [0.15, 0.2) is 5.88 Å². The van der Waals surface area contributed by atoms with E-state index in [1.807, 2.05) is 60.0 Å². The summed E-state index contributed by atoms with van der Waals surface area (Å²) in [5, 5.41) is 15.4. The van der Waals surface area contributed by atoms with Crippen molar-refractivity contribution in [3.8, 4) is 17.1 Å². The molecule has 0 radical (unpaired) electrons. The van der Waals surface area contributed by atoms with Gasteiger partial charge >= 0.3 is 0 Å². The van der Waals surface area contributed by atoms with Crippen molar-refractivity contribution in [3.05, 3.63) is 53.4 Å². The molecule has 0 fully saturated rings. The van der Waals surface area contributed by atoms with Gasteiger partial charge in [0.05, 0.1) is 16.8 Å². The summed E-state index contributed by atoms with van der Waals surface area (Å²) in [6.45, 7) is 2.68. The molecule has 0 amide bonds. The molecule has 0 spiro atoms. The van der Waals surface area contributed by atoms with E-state index in [9.17, 15) is 10.0 Å². The summed E-state index contributed by atoms with van der Waals surface area (Å²) in [6.07, 6.45) is 0. The molecule has 0 atom stereocenters. The Hall–Kier alpha value is -3.08. The maximum Gasteiger partial charge on any atom is 0.199 e. The third-order valence-corrected chi connectivity index (χ3v) is 4.27. The predicted molar refractivity (Wildman–Crippen MR) is 92.0 cm³/mol. The standard InChI is InChI=1S/C18H15N3O2/c1-2-21-14-10-6-4-8-12(14)16(20-23)17(21)15-11-7-3-5-9-13(11)19-18(15)22/h3-10,19,22H,2H2,1H3. The molecule has 5 nitrogen and oxygen atoms in total. The Morgan fingerprint density at radius 1 is 1.09 bits per heavy atom. The van der Waals surface area contributed by atoms with Crippen LogP contribution in [-0.2, 0) is 6.54 Å². The highest BCUT2D eigenvalue weighted by molar-refractivity contribution is 6.07. The summed E-state index contributed by atoms with van der Waals surface area (Å²) in [5.74, 6) is 0.0496. The number of nitrogens with zero attached hydrogens (tertiary/aromatic N) is 2. The third kappa shape index (κ3) is 1.80. The summed E-state index contributed by atoms with van der Waals surface area (Å²) in [6, 6.07) is 15.3. The predicted octanol–water partition coefficient (Wildman–Crippen LogP) is 4.91. The van der Waals surface area contributed by atoms with E-state index in [1.165, 1.54) is 0 Å². The molecule has 5 heteroatoms. The van der Waals surface area contributed by atoms with Gasteiger partial charge < -0.3 is 14.7 Å². The topological polar surface area (TPSA) is 70.4 Å². The summed E-state index contributed by atoms with van der Waals surface area (Å²) in [4.78, 5) is 14.5. The number of aromatic nitrogens is 2. The van der Waals surface area contributed by atoms with Crippen molar-refractivity contribution in [1.82, 2.24) is 9.55 Å². The zero-order chi connectivity index (χ0) is 16.0. The number of aromatic hydroxyl groups is 1. The molecule has 23 heavy (non-hydrogen) atoms. The molecule has 0 aliphatic rings. The number of aromatic amines is 1. The fraction of sp³-hybridized carbons (Fsp3) is 0.111. The van der Waals surface area contributed by atoms with Gasteiger partial charge in [-0.3, -0.25) is 0 Å². The van der Waals surface area contributed by atoms with Crippen LogP contribution in [0.1, 0.15) is 6.92 Å². The maximum atomic E-state index is 11.6. The molecule has 2 aromatic carbocycles. The van der Waals surface area contributed by atoms with Crippen molar-refractivity contribution in [2.75, 3.05) is 0 Å². The van der Waals surface area contributed by atoms with E-state index in [0.717, 1.165) is 21.8 Å². The van der Waals surface area contributed by atoms with Crippen LogP contribution in [0.4, 0.5) is 5.69 Å². The van der Waals surface area contributed by atoms with E-state index in [-0.39, 0.29) is 5.88 Å². The molecule has 0 saturated heterocycles. The Balaban J connectivity index is 2.20. The highest BCUT2D eigenvalue weighted by Gasteiger charge is 2.24. The Labute approximate surface area is 132 Å². The lowest BCUT2D eigenvalue weighted by Crippen LogP contribution is -1.96. The summed E-state index contributed by atoms with van der Waals surface area (Å²) in [5.41, 5.74) is 3.39. The minimum absolute atomic E-state index is 0.0496. The van der Waals surface area contributed by atoms with Crippen LogP contribution in [-0.4, -0.2) is 14.7 Å². The zero-order valence-electron chi connectivity index (χ0n) is 12.6. The van der Waals surface area contributed by atoms with Crippen LogP contribution in [0.5, 0.6) is 5.88 Å². The SMILES string of the molecule is CCn1c(-c2c(O)[nH]c3ccccc23)c(N=O)c2ccccc21. The van der Waals surface area contributed by atoms with E-state index in [2.05, 4.69) is 10.2 Å². The number of fused-ring (bicyclic) bond motifs is 2. The van der Waals surface area contributed by atoms with Crippen LogP contribution in [0.2, 0.25) is 0 Å². The van der Waals surface area contributed by atoms with Crippen molar-refractivity contribution in [3.63, 3.8) is 0 Å². The van der Waals surface area contributed by atoms with Gasteiger partial charge in [-0.05, 0) is 24.2 Å². The minimum atomic E-state index is 0.0496. The van der Waals surface area contributed by atoms with Gasteiger partial charge in [0.2, 0.25) is 0 Å². The average molecular weight is 305 g/mol. The number of aryl methyl sites for hydroxylation is 1. The molecule has 2 N–H and O–H groups in total. The van der Waals surface area contributed by atoms with Crippen molar-refractivity contribution < 1.29 is 5.11 Å². The normalized spacial score (nSPS) is 11.3. The van der Waals surface area contributed by atoms with Gasteiger partial charge in [0.25, 0.3) is 0 Å². The minimum Gasteiger partial charge on any atom is -0.494 e. The van der Waals surface area contributed by atoms with Crippen molar-refractivity contribution in [2.24, 2.45) is 5.18 Å². The fourth-order valence-electron chi connectivity index (χ4n) is 3.33.